The molecule has 0 spiro atoms. The molecule has 10 nitrogen and oxygen atoms in total. The van der Waals surface area contributed by atoms with E-state index < -0.39 is 11.5 Å². The van der Waals surface area contributed by atoms with Gasteiger partial charge in [0.05, 0.1) is 31.1 Å². The van der Waals surface area contributed by atoms with E-state index >= 15 is 0 Å². The molecule has 0 aliphatic carbocycles. The lowest BCUT2D eigenvalue weighted by Crippen LogP contribution is -2.63. The molecule has 0 bridgehead atoms. The van der Waals surface area contributed by atoms with Crippen molar-refractivity contribution in [3.8, 4) is 17.2 Å². The molecule has 4 aromatic rings. The second-order valence-corrected chi connectivity index (χ2v) is 7.25. The van der Waals surface area contributed by atoms with Gasteiger partial charge in [-0.05, 0) is 17.7 Å². The quantitative estimate of drug-likeness (QED) is 0.519. The maximum absolute atomic E-state index is 11.0. The summed E-state index contributed by atoms with van der Waals surface area (Å²) in [6, 6.07) is 6.19. The number of hydrogen-bond donors (Lipinski definition) is 2. The predicted octanol–water partition coefficient (Wildman–Crippen LogP) is 2.04. The molecule has 30 heavy (non-hydrogen) atoms. The molecule has 5 rings (SSSR count). The molecule has 0 unspecified atom stereocenters. The van der Waals surface area contributed by atoms with E-state index in [-0.39, 0.29) is 5.69 Å². The first-order valence-corrected chi connectivity index (χ1v) is 9.24. The monoisotopic (exact) mass is 400 g/mol. The Morgan fingerprint density at radius 1 is 1.23 bits per heavy atom. The molecule has 1 aliphatic heterocycles. The summed E-state index contributed by atoms with van der Waals surface area (Å²) in [4.78, 5) is 28.4. The van der Waals surface area contributed by atoms with E-state index in [2.05, 4.69) is 31.1 Å². The first-order valence-electron chi connectivity index (χ1n) is 9.24. The number of aromatic nitrogens is 6. The first-order chi connectivity index (χ1) is 14.6. The smallest absolute Gasteiger partial charge is 0.356 e. The van der Waals surface area contributed by atoms with Crippen LogP contribution in [0.25, 0.3) is 22.2 Å². The van der Waals surface area contributed by atoms with Gasteiger partial charge in [0.1, 0.15) is 17.0 Å². The second-order valence-electron chi connectivity index (χ2n) is 7.25. The summed E-state index contributed by atoms with van der Waals surface area (Å²) >= 11 is 0. The number of carboxylic acid groups (broad SMARTS) is 1. The number of aromatic carboxylic acids is 1. The van der Waals surface area contributed by atoms with Crippen molar-refractivity contribution in [2.45, 2.75) is 12.0 Å². The Balaban J connectivity index is 1.42. The van der Waals surface area contributed by atoms with Gasteiger partial charge >= 0.3 is 5.97 Å². The summed E-state index contributed by atoms with van der Waals surface area (Å²) in [6.07, 6.45) is 10.3. The van der Waals surface area contributed by atoms with E-state index in [0.717, 1.165) is 22.2 Å². The summed E-state index contributed by atoms with van der Waals surface area (Å²) in [5, 5.41) is 23.9. The number of carbonyl (C=O) groups is 1. The van der Waals surface area contributed by atoms with Gasteiger partial charge in [0.25, 0.3) is 0 Å². The van der Waals surface area contributed by atoms with Gasteiger partial charge in [0.2, 0.25) is 0 Å². The predicted molar refractivity (Wildman–Crippen MR) is 107 cm³/mol. The zero-order valence-electron chi connectivity index (χ0n) is 15.7. The van der Waals surface area contributed by atoms with Crippen LogP contribution in [0.3, 0.4) is 0 Å². The van der Waals surface area contributed by atoms with Gasteiger partial charge in [0.15, 0.2) is 5.69 Å². The topological polar surface area (TPSA) is 137 Å². The molecule has 10 heteroatoms. The number of rotatable bonds is 5. The molecule has 2 N–H and O–H groups in total. The fourth-order valence-corrected chi connectivity index (χ4v) is 3.84. The van der Waals surface area contributed by atoms with E-state index in [1.807, 2.05) is 34.1 Å². The molecule has 148 valence electrons. The van der Waals surface area contributed by atoms with Gasteiger partial charge in [-0.15, -0.1) is 0 Å². The Morgan fingerprint density at radius 2 is 2.10 bits per heavy atom. The molecular weight excluding hydrogens is 384 g/mol. The van der Waals surface area contributed by atoms with E-state index in [1.54, 1.807) is 12.4 Å². The van der Waals surface area contributed by atoms with Crippen LogP contribution in [0.2, 0.25) is 0 Å². The minimum Gasteiger partial charge on any atom is -0.476 e. The number of anilines is 1. The molecule has 0 amide bonds. The van der Waals surface area contributed by atoms with Crippen molar-refractivity contribution in [3.63, 3.8) is 0 Å². The number of aromatic amines is 1. The third kappa shape index (κ3) is 2.76. The second kappa shape index (κ2) is 6.66. The largest absolute Gasteiger partial charge is 0.476 e. The maximum Gasteiger partial charge on any atom is 0.356 e. The van der Waals surface area contributed by atoms with Crippen molar-refractivity contribution in [2.24, 2.45) is 0 Å². The van der Waals surface area contributed by atoms with Crippen LogP contribution in [0.4, 0.5) is 5.82 Å². The molecule has 0 radical (unpaired) electrons. The zero-order chi connectivity index (χ0) is 20.7. The van der Waals surface area contributed by atoms with Gasteiger partial charge in [-0.25, -0.2) is 19.7 Å². The Kier molecular flexibility index (Phi) is 3.96. The number of carboxylic acids is 1. The molecule has 4 aromatic heterocycles. The van der Waals surface area contributed by atoms with E-state index in [9.17, 15) is 10.1 Å². The first kappa shape index (κ1) is 17.8. The Bertz CT molecular complexity index is 1280. The normalized spacial score (nSPS) is 15.0. The molecule has 0 atom stereocenters. The van der Waals surface area contributed by atoms with Crippen molar-refractivity contribution in [2.75, 3.05) is 18.0 Å². The van der Waals surface area contributed by atoms with E-state index in [0.29, 0.717) is 25.3 Å². The highest BCUT2D eigenvalue weighted by atomic mass is 16.4. The van der Waals surface area contributed by atoms with Crippen LogP contribution in [0.1, 0.15) is 16.9 Å². The van der Waals surface area contributed by atoms with Crippen LogP contribution in [0.5, 0.6) is 0 Å². The summed E-state index contributed by atoms with van der Waals surface area (Å²) in [6.45, 7) is 1.05. The lowest BCUT2D eigenvalue weighted by molar-refractivity contribution is 0.0690. The highest BCUT2D eigenvalue weighted by Gasteiger charge is 2.46. The van der Waals surface area contributed by atoms with Gasteiger partial charge in [-0.2, -0.15) is 10.4 Å². The van der Waals surface area contributed by atoms with E-state index in [1.165, 1.54) is 12.4 Å². The molecule has 1 aliphatic rings. The Hall–Kier alpha value is -4.26. The van der Waals surface area contributed by atoms with Crippen LogP contribution >= 0.6 is 0 Å². The van der Waals surface area contributed by atoms with Gasteiger partial charge in [-0.1, -0.05) is 0 Å². The van der Waals surface area contributed by atoms with Crippen LogP contribution < -0.4 is 4.90 Å². The molecule has 1 saturated heterocycles. The van der Waals surface area contributed by atoms with Crippen LogP contribution in [-0.2, 0) is 5.54 Å². The summed E-state index contributed by atoms with van der Waals surface area (Å²) < 4.78 is 1.85. The number of nitrogens with one attached hydrogen (secondary N) is 1. The van der Waals surface area contributed by atoms with Crippen molar-refractivity contribution in [1.29, 1.82) is 5.26 Å². The van der Waals surface area contributed by atoms with E-state index in [4.69, 9.17) is 5.11 Å². The van der Waals surface area contributed by atoms with Crippen LogP contribution in [0.15, 0.2) is 49.3 Å². The van der Waals surface area contributed by atoms with Crippen molar-refractivity contribution < 1.29 is 9.90 Å². The lowest BCUT2D eigenvalue weighted by Gasteiger charge is -2.49. The maximum atomic E-state index is 11.0. The molecule has 0 aromatic carbocycles. The summed E-state index contributed by atoms with van der Waals surface area (Å²) in [7, 11) is 0. The van der Waals surface area contributed by atoms with Gasteiger partial charge in [-0.3, -0.25) is 4.68 Å². The highest BCUT2D eigenvalue weighted by molar-refractivity contribution is 5.92. The summed E-state index contributed by atoms with van der Waals surface area (Å²) in [5.41, 5.74) is 2.19. The Labute approximate surface area is 170 Å². The molecular formula is C20H16N8O2. The SMILES string of the molecule is N#CCC1(n2cc(-c3ccnc4[nH]ccc34)cn2)CN(c2cnc(C(=O)O)cn2)C1. The minimum atomic E-state index is -1.12. The number of nitrogens with zero attached hydrogens (tertiary/aromatic N) is 7. The Morgan fingerprint density at radius 3 is 2.83 bits per heavy atom. The van der Waals surface area contributed by atoms with Gasteiger partial charge in [0, 0.05) is 42.6 Å². The third-order valence-corrected chi connectivity index (χ3v) is 5.40. The standard InChI is InChI=1S/C20H16N8O2/c21-4-3-20(11-27(12-20)17-9-24-16(8-25-17)19(29)30)28-10-13(7-26-28)14-1-5-22-18-15(14)2-6-23-18/h1-2,5-10H,3,11-12H2,(H,22,23)(H,29,30). The number of fused-ring (bicyclic) bond motifs is 1. The molecule has 5 heterocycles. The van der Waals surface area contributed by atoms with Crippen molar-refractivity contribution >= 4 is 22.8 Å². The fraction of sp³-hybridized carbons (Fsp3) is 0.200. The highest BCUT2D eigenvalue weighted by Crippen LogP contribution is 2.36. The zero-order valence-corrected chi connectivity index (χ0v) is 15.7. The van der Waals surface area contributed by atoms with Crippen LogP contribution in [0, 0.1) is 11.3 Å². The van der Waals surface area contributed by atoms with Crippen LogP contribution in [-0.4, -0.2) is 53.9 Å². The third-order valence-electron chi connectivity index (χ3n) is 5.40. The number of pyridine rings is 1. The number of H-pyrrole nitrogens is 1. The lowest BCUT2D eigenvalue weighted by atomic mass is 9.87. The number of hydrogen-bond acceptors (Lipinski definition) is 7. The summed E-state index contributed by atoms with van der Waals surface area (Å²) in [5.74, 6) is -0.544. The van der Waals surface area contributed by atoms with Crippen molar-refractivity contribution in [3.05, 3.63) is 55.0 Å². The van der Waals surface area contributed by atoms with Gasteiger partial charge < -0.3 is 15.0 Å². The fourth-order valence-electron chi connectivity index (χ4n) is 3.84. The molecule has 1 fully saturated rings. The average molecular weight is 400 g/mol. The molecule has 0 saturated carbocycles. The average Bonchev–Trinajstić information content (AvgIpc) is 3.40. The minimum absolute atomic E-state index is 0.104. The number of nitriles is 1. The van der Waals surface area contributed by atoms with Crippen molar-refractivity contribution in [1.82, 2.24) is 29.7 Å².